The summed E-state index contributed by atoms with van der Waals surface area (Å²) in [5.41, 5.74) is 1.18. The molecule has 106 valence electrons. The molecule has 1 saturated heterocycles. The molecule has 1 aromatic rings. The maximum Gasteiger partial charge on any atom is 0.164 e. The fourth-order valence-electron chi connectivity index (χ4n) is 2.34. The van der Waals surface area contributed by atoms with Crippen LogP contribution in [0.15, 0.2) is 12.1 Å². The van der Waals surface area contributed by atoms with Crippen molar-refractivity contribution >= 4 is 11.8 Å². The van der Waals surface area contributed by atoms with E-state index in [0.29, 0.717) is 5.75 Å². The molecule has 0 spiro atoms. The van der Waals surface area contributed by atoms with E-state index in [4.69, 9.17) is 14.2 Å². The van der Waals surface area contributed by atoms with E-state index in [-0.39, 0.29) is 0 Å². The monoisotopic (exact) mass is 284 g/mol. The lowest BCUT2D eigenvalue weighted by molar-refractivity contribution is -0.910. The second-order valence-electron chi connectivity index (χ2n) is 4.56. The van der Waals surface area contributed by atoms with Crippen molar-refractivity contribution in [2.45, 2.75) is 6.54 Å². The largest absolute Gasteiger partial charge is 0.496 e. The van der Waals surface area contributed by atoms with Crippen molar-refractivity contribution in [1.29, 1.82) is 0 Å². The number of methoxy groups -OCH3 is 3. The Bertz CT molecular complexity index is 419. The summed E-state index contributed by atoms with van der Waals surface area (Å²) in [6.45, 7) is 3.40. The normalized spacial score (nSPS) is 16.2. The van der Waals surface area contributed by atoms with Crippen molar-refractivity contribution in [3.63, 3.8) is 0 Å². The second kappa shape index (κ2) is 6.91. The predicted octanol–water partition coefficient (Wildman–Crippen LogP) is 0.844. The Morgan fingerprint density at radius 2 is 1.53 bits per heavy atom. The van der Waals surface area contributed by atoms with Crippen molar-refractivity contribution in [2.75, 3.05) is 45.9 Å². The van der Waals surface area contributed by atoms with Crippen LogP contribution in [0.3, 0.4) is 0 Å². The van der Waals surface area contributed by atoms with E-state index in [2.05, 4.69) is 0 Å². The van der Waals surface area contributed by atoms with Crippen LogP contribution in [0.5, 0.6) is 17.2 Å². The topological polar surface area (TPSA) is 32.1 Å². The van der Waals surface area contributed by atoms with Crippen molar-refractivity contribution in [3.05, 3.63) is 17.7 Å². The maximum atomic E-state index is 5.47. The molecule has 0 radical (unpaired) electrons. The van der Waals surface area contributed by atoms with Crippen LogP contribution < -0.4 is 19.1 Å². The zero-order valence-corrected chi connectivity index (χ0v) is 12.6. The van der Waals surface area contributed by atoms with Crippen LogP contribution in [-0.4, -0.2) is 45.9 Å². The van der Waals surface area contributed by atoms with Crippen LogP contribution in [-0.2, 0) is 6.54 Å². The van der Waals surface area contributed by atoms with Gasteiger partial charge in [-0.3, -0.25) is 0 Å². The Balaban J connectivity index is 2.21. The quantitative estimate of drug-likeness (QED) is 0.868. The van der Waals surface area contributed by atoms with Crippen LogP contribution in [0.4, 0.5) is 0 Å². The van der Waals surface area contributed by atoms with E-state index in [1.165, 1.54) is 30.2 Å². The molecule has 1 aliphatic heterocycles. The third-order valence-corrected chi connectivity index (χ3v) is 4.41. The molecule has 0 amide bonds. The van der Waals surface area contributed by atoms with E-state index < -0.39 is 0 Å². The predicted molar refractivity (Wildman–Crippen MR) is 77.8 cm³/mol. The Hall–Kier alpha value is -1.07. The number of ether oxygens (including phenoxy) is 3. The molecule has 19 heavy (non-hydrogen) atoms. The summed E-state index contributed by atoms with van der Waals surface area (Å²) in [5.74, 6) is 4.84. The maximum absolute atomic E-state index is 5.47. The van der Waals surface area contributed by atoms with Crippen molar-refractivity contribution < 1.29 is 19.1 Å². The average molecular weight is 284 g/mol. The highest BCUT2D eigenvalue weighted by atomic mass is 32.2. The first kappa shape index (κ1) is 14.3. The van der Waals surface area contributed by atoms with Gasteiger partial charge >= 0.3 is 0 Å². The zero-order valence-electron chi connectivity index (χ0n) is 11.8. The fraction of sp³-hybridized carbons (Fsp3) is 0.571. The van der Waals surface area contributed by atoms with Gasteiger partial charge in [-0.15, -0.1) is 0 Å². The lowest BCUT2D eigenvalue weighted by Gasteiger charge is -2.24. The van der Waals surface area contributed by atoms with Crippen molar-refractivity contribution in [2.24, 2.45) is 0 Å². The van der Waals surface area contributed by atoms with Gasteiger partial charge in [-0.05, 0) is 6.07 Å². The van der Waals surface area contributed by atoms with Gasteiger partial charge in [0.2, 0.25) is 0 Å². The van der Waals surface area contributed by atoms with E-state index in [9.17, 15) is 0 Å². The van der Waals surface area contributed by atoms with Gasteiger partial charge in [-0.2, -0.15) is 11.8 Å². The van der Waals surface area contributed by atoms with Gasteiger partial charge in [0.05, 0.1) is 40.0 Å². The first-order valence-electron chi connectivity index (χ1n) is 6.48. The number of hydrogen-bond donors (Lipinski definition) is 1. The number of quaternary nitrogens is 1. The fourth-order valence-corrected chi connectivity index (χ4v) is 3.41. The molecule has 0 aliphatic carbocycles. The van der Waals surface area contributed by atoms with E-state index >= 15 is 0 Å². The number of nitrogens with one attached hydrogen (secondary N) is 1. The van der Waals surface area contributed by atoms with Gasteiger partial charge in [0.1, 0.15) is 12.3 Å². The molecule has 0 saturated carbocycles. The summed E-state index contributed by atoms with van der Waals surface area (Å²) < 4.78 is 16.2. The van der Waals surface area contributed by atoms with Crippen LogP contribution >= 0.6 is 11.8 Å². The molecule has 4 nitrogen and oxygen atoms in total. The van der Waals surface area contributed by atoms with Gasteiger partial charge in [0.25, 0.3) is 0 Å². The third kappa shape index (κ3) is 3.48. The van der Waals surface area contributed by atoms with Crippen LogP contribution in [0.25, 0.3) is 0 Å². The Kier molecular flexibility index (Phi) is 5.22. The van der Waals surface area contributed by atoms with Crippen LogP contribution in [0.2, 0.25) is 0 Å². The molecule has 1 aliphatic rings. The summed E-state index contributed by atoms with van der Waals surface area (Å²) in [7, 11) is 5.01. The Morgan fingerprint density at radius 1 is 0.947 bits per heavy atom. The zero-order chi connectivity index (χ0) is 13.7. The van der Waals surface area contributed by atoms with Crippen molar-refractivity contribution in [3.8, 4) is 17.2 Å². The van der Waals surface area contributed by atoms with Gasteiger partial charge < -0.3 is 19.1 Å². The smallest absolute Gasteiger partial charge is 0.164 e. The first-order valence-corrected chi connectivity index (χ1v) is 7.64. The highest BCUT2D eigenvalue weighted by Gasteiger charge is 2.19. The van der Waals surface area contributed by atoms with Crippen LogP contribution in [0, 0.1) is 0 Å². The summed E-state index contributed by atoms with van der Waals surface area (Å²) >= 11 is 2.04. The van der Waals surface area contributed by atoms with E-state index in [1.54, 1.807) is 26.2 Å². The molecule has 0 atom stereocenters. The first-order chi connectivity index (χ1) is 9.28. The number of rotatable bonds is 5. The lowest BCUT2D eigenvalue weighted by Crippen LogP contribution is -3.12. The number of hydrogen-bond acceptors (Lipinski definition) is 4. The third-order valence-electron chi connectivity index (χ3n) is 3.43. The van der Waals surface area contributed by atoms with Crippen LogP contribution in [0.1, 0.15) is 5.56 Å². The van der Waals surface area contributed by atoms with Gasteiger partial charge in [-0.25, -0.2) is 0 Å². The molecular formula is C14H22NO3S+. The van der Waals surface area contributed by atoms with Gasteiger partial charge in [-0.1, -0.05) is 0 Å². The Labute approximate surface area is 119 Å². The van der Waals surface area contributed by atoms with E-state index in [1.807, 2.05) is 23.9 Å². The minimum atomic E-state index is 0.715. The molecule has 1 N–H and O–H groups in total. The molecule has 0 aromatic heterocycles. The molecule has 1 fully saturated rings. The summed E-state index contributed by atoms with van der Waals surface area (Å²) in [6.07, 6.45) is 0. The standard InChI is InChI=1S/C14H21NO3S/c1-16-12-9-14(18-3)13(17-2)8-11(12)10-15-4-6-19-7-5-15/h8-9H,4-7,10H2,1-3H3/p+1. The molecular weight excluding hydrogens is 262 g/mol. The molecule has 2 rings (SSSR count). The second-order valence-corrected chi connectivity index (χ2v) is 5.78. The number of benzene rings is 1. The van der Waals surface area contributed by atoms with Gasteiger partial charge in [0.15, 0.2) is 11.5 Å². The van der Waals surface area contributed by atoms with E-state index in [0.717, 1.165) is 18.0 Å². The average Bonchev–Trinajstić information content (AvgIpc) is 2.47. The summed E-state index contributed by atoms with van der Waals surface area (Å²) in [5, 5.41) is 0. The molecule has 1 heterocycles. The SMILES string of the molecule is COc1cc(OC)c(OC)cc1C[NH+]1CCSCC1. The molecule has 0 unspecified atom stereocenters. The number of thioether (sulfide) groups is 1. The molecule has 0 bridgehead atoms. The van der Waals surface area contributed by atoms with Gasteiger partial charge in [0, 0.05) is 17.6 Å². The molecule has 1 aromatic carbocycles. The van der Waals surface area contributed by atoms with Crippen molar-refractivity contribution in [1.82, 2.24) is 0 Å². The minimum absolute atomic E-state index is 0.715. The summed E-state index contributed by atoms with van der Waals surface area (Å²) in [4.78, 5) is 1.60. The highest BCUT2D eigenvalue weighted by molar-refractivity contribution is 7.99. The minimum Gasteiger partial charge on any atom is -0.496 e. The Morgan fingerprint density at radius 3 is 2.11 bits per heavy atom. The highest BCUT2D eigenvalue weighted by Crippen LogP contribution is 2.34. The summed E-state index contributed by atoms with van der Waals surface area (Å²) in [6, 6.07) is 3.94. The lowest BCUT2D eigenvalue weighted by atomic mass is 10.1. The molecule has 5 heteroatoms.